The lowest BCUT2D eigenvalue weighted by Gasteiger charge is -2.66. The van der Waals surface area contributed by atoms with E-state index in [0.29, 0.717) is 0 Å². The predicted octanol–water partition coefficient (Wildman–Crippen LogP) is 12.3. The summed E-state index contributed by atoms with van der Waals surface area (Å²) in [6, 6.07) is 35.6. The molecule has 0 amide bonds. The van der Waals surface area contributed by atoms with Crippen molar-refractivity contribution >= 4 is 40.1 Å². The highest BCUT2D eigenvalue weighted by Crippen LogP contribution is 2.72. The van der Waals surface area contributed by atoms with Crippen LogP contribution in [0.3, 0.4) is 0 Å². The molecule has 3 aliphatic carbocycles. The van der Waals surface area contributed by atoms with Crippen molar-refractivity contribution in [3.8, 4) is 16.9 Å². The van der Waals surface area contributed by atoms with Gasteiger partial charge in [-0.15, -0.1) is 0 Å². The molecule has 5 aromatic carbocycles. The minimum absolute atomic E-state index is 0.00179. The second-order valence-corrected chi connectivity index (χ2v) is 20.2. The highest BCUT2D eigenvalue weighted by molar-refractivity contribution is 6.88. The van der Waals surface area contributed by atoms with Crippen molar-refractivity contribution in [2.24, 2.45) is 5.92 Å². The predicted molar refractivity (Wildman–Crippen MR) is 241 cm³/mol. The summed E-state index contributed by atoms with van der Waals surface area (Å²) in [6.45, 7) is 17.8. The van der Waals surface area contributed by atoms with Crippen LogP contribution in [0.15, 0.2) is 126 Å². The number of ether oxygens (including phenoxy) is 1. The Balaban J connectivity index is 1.27. The van der Waals surface area contributed by atoms with Crippen LogP contribution in [0.5, 0.6) is 5.75 Å². The maximum atomic E-state index is 7.60. The molecular weight excluding hydrogens is 703 g/mol. The molecule has 1 saturated carbocycles. The largest absolute Gasteiger partial charge is 0.461 e. The number of unbranched alkanes of at least 4 members (excludes halogenated alkanes) is 1. The van der Waals surface area contributed by atoms with Crippen LogP contribution in [-0.2, 0) is 22.7 Å². The smallest absolute Gasteiger partial charge is 0.328 e. The van der Waals surface area contributed by atoms with Gasteiger partial charge in [0.15, 0.2) is 0 Å². The zero-order valence-electron chi connectivity index (χ0n) is 35.2. The van der Waals surface area contributed by atoms with Gasteiger partial charge in [-0.2, -0.15) is 0 Å². The lowest BCUT2D eigenvalue weighted by molar-refractivity contribution is 0.198. The van der Waals surface area contributed by atoms with Crippen molar-refractivity contribution in [3.05, 3.63) is 148 Å². The van der Waals surface area contributed by atoms with Crippen LogP contribution in [0.25, 0.3) is 21.9 Å². The Morgan fingerprint density at radius 3 is 2.41 bits per heavy atom. The van der Waals surface area contributed by atoms with Gasteiger partial charge < -0.3 is 14.4 Å². The first-order valence-corrected chi connectivity index (χ1v) is 22.4. The van der Waals surface area contributed by atoms with Crippen LogP contribution in [-0.4, -0.2) is 17.9 Å². The van der Waals surface area contributed by atoms with E-state index < -0.39 is 11.0 Å². The molecular formula is C54H53BN2O. The van der Waals surface area contributed by atoms with Crippen molar-refractivity contribution in [1.82, 2.24) is 0 Å². The van der Waals surface area contributed by atoms with Gasteiger partial charge in [0.1, 0.15) is 11.5 Å². The van der Waals surface area contributed by atoms with E-state index in [9.17, 15) is 0 Å². The summed E-state index contributed by atoms with van der Waals surface area (Å²) in [7, 11) is 0. The Hall–Kier alpha value is -4.96. The average Bonchev–Trinajstić information content (AvgIpc) is 3.64. The van der Waals surface area contributed by atoms with Gasteiger partial charge >= 0.3 is 6.85 Å². The summed E-state index contributed by atoms with van der Waals surface area (Å²) < 4.78 is 7.60. The number of fused-ring (bicyclic) bond motifs is 16. The number of benzene rings is 5. The lowest BCUT2D eigenvalue weighted by Crippen LogP contribution is -2.75. The van der Waals surface area contributed by atoms with Crippen molar-refractivity contribution < 1.29 is 4.74 Å². The van der Waals surface area contributed by atoms with Crippen molar-refractivity contribution in [2.45, 2.75) is 121 Å². The Labute approximate surface area is 344 Å². The number of hydrogen-bond acceptors (Lipinski definition) is 3. The van der Waals surface area contributed by atoms with E-state index in [1.165, 1.54) is 116 Å². The molecule has 5 heterocycles. The third kappa shape index (κ3) is 3.47. The standard InChI is InChI=1S/C54H53BN2O/c1-8-9-18-33-29-36-43-35-20-11-10-19-34(35)31-41-45(43)55(57-46(36)39(30-33)51(4)26-16-17-27-52(51,57)5)48-49-53(6,38-22-13-15-24-42(38)58-49)44-32(2)25-28-50(3)37-21-12-14-23-40(37)56(41)54(48,7)47(44)50/h10-15,19-25,28-32H,8-9,16-18,26-27H2,1-7H3. The highest BCUT2D eigenvalue weighted by Gasteiger charge is 2.72. The van der Waals surface area contributed by atoms with Crippen LogP contribution in [0.4, 0.5) is 17.1 Å². The molecule has 1 fully saturated rings. The summed E-state index contributed by atoms with van der Waals surface area (Å²) in [4.78, 5) is 5.87. The number of para-hydroxylation sites is 2. The molecule has 0 radical (unpaired) electrons. The number of hydrogen-bond donors (Lipinski definition) is 0. The molecule has 288 valence electrons. The van der Waals surface area contributed by atoms with E-state index >= 15 is 0 Å². The molecule has 5 aliphatic heterocycles. The summed E-state index contributed by atoms with van der Waals surface area (Å²) in [5, 5.41) is 2.70. The molecule has 5 aromatic rings. The van der Waals surface area contributed by atoms with Crippen LogP contribution in [0.2, 0.25) is 0 Å². The van der Waals surface area contributed by atoms with E-state index in [2.05, 4.69) is 161 Å². The van der Waals surface area contributed by atoms with E-state index in [1.54, 1.807) is 11.1 Å². The fraction of sp³-hybridized carbons (Fsp3) is 0.370. The van der Waals surface area contributed by atoms with Crippen LogP contribution < -0.4 is 19.9 Å². The number of allylic oxidation sites excluding steroid dienone is 3. The molecule has 4 heteroatoms. The van der Waals surface area contributed by atoms with Gasteiger partial charge in [-0.1, -0.05) is 119 Å². The molecule has 58 heavy (non-hydrogen) atoms. The van der Waals surface area contributed by atoms with Gasteiger partial charge in [-0.25, -0.2) is 0 Å². The van der Waals surface area contributed by atoms with Gasteiger partial charge in [-0.05, 0) is 139 Å². The maximum absolute atomic E-state index is 7.60. The minimum atomic E-state index is -0.492. The van der Waals surface area contributed by atoms with Gasteiger partial charge in [0.05, 0.1) is 11.0 Å². The Kier molecular flexibility index (Phi) is 6.21. The Bertz CT molecular complexity index is 2850. The third-order valence-corrected chi connectivity index (χ3v) is 17.5. The first-order valence-electron chi connectivity index (χ1n) is 22.4. The SMILES string of the molecule is CCCCc1cc2c3c(c1)C1(C)CCCCC1(C)N3B1C3=C4Oc5ccccc5C4(C)C4=C5C(C)(C=CC4C)c4ccccc4N(c4cc6ccccc6c-2c41)C35C. The summed E-state index contributed by atoms with van der Waals surface area (Å²) in [6.07, 6.45) is 13.6. The Morgan fingerprint density at radius 2 is 1.57 bits per heavy atom. The molecule has 0 aromatic heterocycles. The van der Waals surface area contributed by atoms with Gasteiger partial charge in [0.2, 0.25) is 0 Å². The summed E-state index contributed by atoms with van der Waals surface area (Å²) >= 11 is 0. The lowest BCUT2D eigenvalue weighted by atomic mass is 9.33. The average molecular weight is 757 g/mol. The summed E-state index contributed by atoms with van der Waals surface area (Å²) in [5.41, 5.74) is 17.7. The van der Waals surface area contributed by atoms with Crippen molar-refractivity contribution in [2.75, 3.05) is 9.71 Å². The second-order valence-electron chi connectivity index (χ2n) is 20.2. The monoisotopic (exact) mass is 756 g/mol. The molecule has 0 saturated heterocycles. The van der Waals surface area contributed by atoms with Gasteiger partial charge in [0, 0.05) is 44.6 Å². The molecule has 6 unspecified atom stereocenters. The zero-order valence-corrected chi connectivity index (χ0v) is 35.2. The molecule has 0 N–H and O–H groups in total. The van der Waals surface area contributed by atoms with Crippen molar-refractivity contribution in [3.63, 3.8) is 0 Å². The van der Waals surface area contributed by atoms with Crippen LogP contribution >= 0.6 is 0 Å². The highest BCUT2D eigenvalue weighted by atomic mass is 16.5. The number of aryl methyl sites for hydroxylation is 1. The van der Waals surface area contributed by atoms with Crippen LogP contribution in [0.1, 0.15) is 109 Å². The number of rotatable bonds is 3. The van der Waals surface area contributed by atoms with Crippen molar-refractivity contribution in [1.29, 1.82) is 0 Å². The van der Waals surface area contributed by atoms with Gasteiger partial charge in [0.25, 0.3) is 0 Å². The first kappa shape index (κ1) is 34.0. The third-order valence-electron chi connectivity index (χ3n) is 17.5. The Morgan fingerprint density at radius 1 is 0.810 bits per heavy atom. The summed E-state index contributed by atoms with van der Waals surface area (Å²) in [5.74, 6) is 2.45. The molecule has 6 atom stereocenters. The van der Waals surface area contributed by atoms with Crippen LogP contribution in [0, 0.1) is 5.92 Å². The normalized spacial score (nSPS) is 32.3. The molecule has 0 bridgehead atoms. The first-order chi connectivity index (χ1) is 28.0. The molecule has 13 rings (SSSR count). The second kappa shape index (κ2) is 10.6. The topological polar surface area (TPSA) is 15.7 Å². The number of nitrogens with zero attached hydrogens (tertiary/aromatic N) is 2. The minimum Gasteiger partial charge on any atom is -0.461 e. The fourth-order valence-corrected chi connectivity index (χ4v) is 14.9. The maximum Gasteiger partial charge on any atom is 0.328 e. The van der Waals surface area contributed by atoms with E-state index in [4.69, 9.17) is 4.74 Å². The molecule has 8 aliphatic rings. The number of anilines is 3. The van der Waals surface area contributed by atoms with E-state index in [1.807, 2.05) is 0 Å². The van der Waals surface area contributed by atoms with E-state index in [0.717, 1.165) is 12.2 Å². The quantitative estimate of drug-likeness (QED) is 0.135. The zero-order chi connectivity index (χ0) is 39.3. The fourth-order valence-electron chi connectivity index (χ4n) is 14.9. The molecule has 3 nitrogen and oxygen atoms in total. The van der Waals surface area contributed by atoms with E-state index in [-0.39, 0.29) is 29.1 Å². The van der Waals surface area contributed by atoms with Gasteiger partial charge in [-0.3, -0.25) is 0 Å². The molecule has 0 spiro atoms.